The van der Waals surface area contributed by atoms with Crippen molar-refractivity contribution in [2.24, 2.45) is 0 Å². The molecule has 0 aliphatic carbocycles. The molecular weight excluding hydrogens is 422 g/mol. The first-order valence-corrected chi connectivity index (χ1v) is 10.3. The molecule has 0 radical (unpaired) electrons. The molecule has 0 aliphatic heterocycles. The van der Waals surface area contributed by atoms with Gasteiger partial charge < -0.3 is 5.32 Å². The van der Waals surface area contributed by atoms with Gasteiger partial charge >= 0.3 is 0 Å². The molecule has 3 heterocycles. The number of carbonyl (C=O) groups is 1. The molecule has 0 atom stereocenters. The van der Waals surface area contributed by atoms with Gasteiger partial charge in [0.25, 0.3) is 5.91 Å². The first kappa shape index (κ1) is 20.5. The highest BCUT2D eigenvalue weighted by Crippen LogP contribution is 2.30. The number of hydrogen-bond donors (Lipinski definition) is 1. The summed E-state index contributed by atoms with van der Waals surface area (Å²) in [7, 11) is 0. The number of halogens is 2. The molecule has 3 aromatic heterocycles. The summed E-state index contributed by atoms with van der Waals surface area (Å²) in [5, 5.41) is 2.77. The van der Waals surface area contributed by atoms with Crippen molar-refractivity contribution in [2.75, 3.05) is 5.32 Å². The largest absolute Gasteiger partial charge is 0.322 e. The van der Waals surface area contributed by atoms with Crippen LogP contribution in [0.3, 0.4) is 0 Å². The van der Waals surface area contributed by atoms with Crippen LogP contribution in [-0.4, -0.2) is 20.3 Å². The second-order valence-corrected chi connectivity index (χ2v) is 7.56. The van der Waals surface area contributed by atoms with Crippen LogP contribution >= 0.6 is 0 Å². The summed E-state index contributed by atoms with van der Waals surface area (Å²) in [6, 6.07) is 17.5. The molecule has 7 heteroatoms. The van der Waals surface area contributed by atoms with Gasteiger partial charge in [-0.3, -0.25) is 14.2 Å². The Bertz CT molecular complexity index is 1490. The number of imidazole rings is 1. The van der Waals surface area contributed by atoms with E-state index in [2.05, 4.69) is 15.3 Å². The molecule has 0 bridgehead atoms. The number of anilines is 1. The minimum absolute atomic E-state index is 0.346. The quantitative estimate of drug-likeness (QED) is 0.378. The third kappa shape index (κ3) is 3.85. The summed E-state index contributed by atoms with van der Waals surface area (Å²) in [4.78, 5) is 21.7. The van der Waals surface area contributed by atoms with Crippen LogP contribution in [0.4, 0.5) is 14.5 Å². The summed E-state index contributed by atoms with van der Waals surface area (Å²) in [5.41, 5.74) is 4.12. The number of carbonyl (C=O) groups excluding carboxylic acids is 1. The third-order valence-corrected chi connectivity index (χ3v) is 5.43. The van der Waals surface area contributed by atoms with Crippen LogP contribution in [0.2, 0.25) is 0 Å². The zero-order valence-corrected chi connectivity index (χ0v) is 17.6. The van der Waals surface area contributed by atoms with E-state index in [0.717, 1.165) is 16.6 Å². The first-order chi connectivity index (χ1) is 16.0. The van der Waals surface area contributed by atoms with Gasteiger partial charge in [0.1, 0.15) is 17.5 Å². The van der Waals surface area contributed by atoms with E-state index in [1.165, 1.54) is 30.3 Å². The van der Waals surface area contributed by atoms with E-state index in [4.69, 9.17) is 0 Å². The molecule has 0 aliphatic rings. The fourth-order valence-corrected chi connectivity index (χ4v) is 3.75. The van der Waals surface area contributed by atoms with Gasteiger partial charge in [0.2, 0.25) is 0 Å². The highest BCUT2D eigenvalue weighted by Gasteiger charge is 2.16. The second kappa shape index (κ2) is 8.27. The molecule has 0 saturated carbocycles. The SMILES string of the molecule is Cc1ncc(-c2cccn3c(-c4ccccc4F)ncc23)cc1C(=O)Nc1ccc(F)cc1. The standard InChI is InChI=1S/C26H18F2N4O/c1-16-22(26(33)31-19-10-8-18(27)9-11-19)13-17(14-29-16)20-6-4-12-32-24(20)15-30-25(32)21-5-2-3-7-23(21)28/h2-15H,1H3,(H,31,33). The van der Waals surface area contributed by atoms with E-state index in [1.807, 2.05) is 22.7 Å². The molecule has 0 fully saturated rings. The normalized spacial score (nSPS) is 11.0. The van der Waals surface area contributed by atoms with Gasteiger partial charge in [0.05, 0.1) is 28.5 Å². The summed E-state index contributed by atoms with van der Waals surface area (Å²) in [6.45, 7) is 1.75. The van der Waals surface area contributed by atoms with Crippen LogP contribution in [0.15, 0.2) is 85.3 Å². The smallest absolute Gasteiger partial charge is 0.257 e. The molecule has 2 aromatic carbocycles. The number of fused-ring (bicyclic) bond motifs is 1. The molecule has 5 nitrogen and oxygen atoms in total. The molecule has 33 heavy (non-hydrogen) atoms. The number of amides is 1. The van der Waals surface area contributed by atoms with Crippen LogP contribution in [-0.2, 0) is 0 Å². The fourth-order valence-electron chi connectivity index (χ4n) is 3.75. The third-order valence-electron chi connectivity index (χ3n) is 5.43. The fraction of sp³-hybridized carbons (Fsp3) is 0.0385. The molecule has 0 unspecified atom stereocenters. The Morgan fingerprint density at radius 1 is 0.909 bits per heavy atom. The number of nitrogens with one attached hydrogen (secondary N) is 1. The lowest BCUT2D eigenvalue weighted by Gasteiger charge is -2.11. The molecule has 162 valence electrons. The number of pyridine rings is 2. The Labute approximate surface area is 188 Å². The van der Waals surface area contributed by atoms with Crippen molar-refractivity contribution in [1.82, 2.24) is 14.4 Å². The molecule has 0 saturated heterocycles. The topological polar surface area (TPSA) is 59.3 Å². The van der Waals surface area contributed by atoms with E-state index in [1.54, 1.807) is 43.6 Å². The van der Waals surface area contributed by atoms with E-state index in [9.17, 15) is 13.6 Å². The average molecular weight is 440 g/mol. The monoisotopic (exact) mass is 440 g/mol. The van der Waals surface area contributed by atoms with Crippen LogP contribution in [0.5, 0.6) is 0 Å². The van der Waals surface area contributed by atoms with Crippen LogP contribution < -0.4 is 5.32 Å². The highest BCUT2D eigenvalue weighted by atomic mass is 19.1. The number of benzene rings is 2. The Morgan fingerprint density at radius 2 is 1.67 bits per heavy atom. The van der Waals surface area contributed by atoms with Gasteiger partial charge in [-0.2, -0.15) is 0 Å². The molecule has 0 spiro atoms. The Hall–Kier alpha value is -4.39. The van der Waals surface area contributed by atoms with Crippen molar-refractivity contribution in [2.45, 2.75) is 6.92 Å². The van der Waals surface area contributed by atoms with Gasteiger partial charge in [-0.15, -0.1) is 0 Å². The van der Waals surface area contributed by atoms with Crippen molar-refractivity contribution < 1.29 is 13.6 Å². The van der Waals surface area contributed by atoms with Crippen molar-refractivity contribution >= 4 is 17.1 Å². The van der Waals surface area contributed by atoms with E-state index in [-0.39, 0.29) is 17.5 Å². The van der Waals surface area contributed by atoms with E-state index in [0.29, 0.717) is 28.3 Å². The molecule has 1 amide bonds. The summed E-state index contributed by atoms with van der Waals surface area (Å²) < 4.78 is 29.3. The second-order valence-electron chi connectivity index (χ2n) is 7.56. The van der Waals surface area contributed by atoms with Crippen LogP contribution in [0, 0.1) is 18.6 Å². The summed E-state index contributed by atoms with van der Waals surface area (Å²) in [5.74, 6) is -0.594. The minimum atomic E-state index is -0.378. The van der Waals surface area contributed by atoms with Gasteiger partial charge in [-0.05, 0) is 55.5 Å². The van der Waals surface area contributed by atoms with Gasteiger partial charge in [0, 0.05) is 29.2 Å². The number of nitrogens with zero attached hydrogens (tertiary/aromatic N) is 3. The van der Waals surface area contributed by atoms with E-state index < -0.39 is 0 Å². The maximum atomic E-state index is 14.4. The Kier molecular flexibility index (Phi) is 5.14. The molecular formula is C26H18F2N4O. The molecule has 5 rings (SSSR count). The van der Waals surface area contributed by atoms with Crippen molar-refractivity contribution in [3.63, 3.8) is 0 Å². The average Bonchev–Trinajstić information content (AvgIpc) is 3.25. The number of rotatable bonds is 4. The predicted octanol–water partition coefficient (Wildman–Crippen LogP) is 5.90. The Morgan fingerprint density at radius 3 is 2.45 bits per heavy atom. The number of aromatic nitrogens is 3. The van der Waals surface area contributed by atoms with Gasteiger partial charge in [-0.1, -0.05) is 18.2 Å². The first-order valence-electron chi connectivity index (χ1n) is 10.3. The summed E-state index contributed by atoms with van der Waals surface area (Å²) >= 11 is 0. The number of hydrogen-bond acceptors (Lipinski definition) is 3. The lowest BCUT2D eigenvalue weighted by atomic mass is 10.0. The minimum Gasteiger partial charge on any atom is -0.322 e. The van der Waals surface area contributed by atoms with Crippen LogP contribution in [0.25, 0.3) is 28.0 Å². The predicted molar refractivity (Wildman–Crippen MR) is 123 cm³/mol. The van der Waals surface area contributed by atoms with Gasteiger partial charge in [-0.25, -0.2) is 13.8 Å². The van der Waals surface area contributed by atoms with Crippen LogP contribution in [0.1, 0.15) is 16.1 Å². The van der Waals surface area contributed by atoms with Gasteiger partial charge in [0.15, 0.2) is 0 Å². The molecule has 5 aromatic rings. The summed E-state index contributed by atoms with van der Waals surface area (Å²) in [6.07, 6.45) is 5.18. The zero-order valence-electron chi connectivity index (χ0n) is 17.6. The van der Waals surface area contributed by atoms with Crippen molar-refractivity contribution in [3.05, 3.63) is 108 Å². The van der Waals surface area contributed by atoms with Crippen molar-refractivity contribution in [3.8, 4) is 22.5 Å². The Balaban J connectivity index is 1.55. The van der Waals surface area contributed by atoms with Crippen molar-refractivity contribution in [1.29, 1.82) is 0 Å². The lowest BCUT2D eigenvalue weighted by Crippen LogP contribution is -2.14. The maximum Gasteiger partial charge on any atom is 0.257 e. The lowest BCUT2D eigenvalue weighted by molar-refractivity contribution is 0.102. The molecule has 1 N–H and O–H groups in total. The zero-order chi connectivity index (χ0) is 22.9. The van der Waals surface area contributed by atoms with E-state index >= 15 is 0 Å². The maximum absolute atomic E-state index is 14.4. The number of aryl methyl sites for hydroxylation is 1. The highest BCUT2D eigenvalue weighted by molar-refractivity contribution is 6.05.